The largest absolute Gasteiger partial charge is 0.397 e. The van der Waals surface area contributed by atoms with Crippen LogP contribution in [-0.2, 0) is 0 Å². The third-order valence-electron chi connectivity index (χ3n) is 1.88. The van der Waals surface area contributed by atoms with Crippen molar-refractivity contribution in [2.75, 3.05) is 11.1 Å². The first-order chi connectivity index (χ1) is 7.66. The fraction of sp³-hybridized carbons (Fsp3) is 0. The molecule has 2 aromatic heterocycles. The van der Waals surface area contributed by atoms with Crippen LogP contribution in [0.5, 0.6) is 0 Å². The highest BCUT2D eigenvalue weighted by atomic mass is 35.5. The van der Waals surface area contributed by atoms with Gasteiger partial charge < -0.3 is 11.1 Å². The molecule has 0 radical (unpaired) electrons. The van der Waals surface area contributed by atoms with E-state index in [1.165, 1.54) is 23.6 Å². The number of thiophene rings is 1. The van der Waals surface area contributed by atoms with Crippen LogP contribution in [0.3, 0.4) is 0 Å². The van der Waals surface area contributed by atoms with Gasteiger partial charge in [-0.25, -0.2) is 4.98 Å². The van der Waals surface area contributed by atoms with E-state index in [2.05, 4.69) is 10.3 Å². The Hall–Kier alpha value is -1.59. The number of aromatic nitrogens is 1. The van der Waals surface area contributed by atoms with Crippen molar-refractivity contribution in [1.82, 2.24) is 4.98 Å². The van der Waals surface area contributed by atoms with Gasteiger partial charge in [0.1, 0.15) is 5.15 Å². The summed E-state index contributed by atoms with van der Waals surface area (Å²) in [5.41, 5.74) is 6.94. The Morgan fingerprint density at radius 1 is 1.56 bits per heavy atom. The van der Waals surface area contributed by atoms with Crippen LogP contribution in [0, 0.1) is 0 Å². The van der Waals surface area contributed by atoms with Crippen molar-refractivity contribution in [1.29, 1.82) is 0 Å². The highest BCUT2D eigenvalue weighted by Gasteiger charge is 2.12. The summed E-state index contributed by atoms with van der Waals surface area (Å²) < 4.78 is 0. The van der Waals surface area contributed by atoms with Gasteiger partial charge in [0.2, 0.25) is 0 Å². The molecule has 0 spiro atoms. The van der Waals surface area contributed by atoms with E-state index in [1.807, 2.05) is 10.8 Å². The smallest absolute Gasteiger partial charge is 0.258 e. The van der Waals surface area contributed by atoms with Crippen LogP contribution in [0.4, 0.5) is 11.4 Å². The third-order valence-corrected chi connectivity index (χ3v) is 2.87. The number of halogens is 1. The number of rotatable bonds is 2. The topological polar surface area (TPSA) is 68.0 Å². The average molecular weight is 254 g/mol. The van der Waals surface area contributed by atoms with Gasteiger partial charge in [0, 0.05) is 5.38 Å². The van der Waals surface area contributed by atoms with Gasteiger partial charge in [-0.3, -0.25) is 4.79 Å². The molecule has 6 heteroatoms. The van der Waals surface area contributed by atoms with Gasteiger partial charge in [0.05, 0.1) is 23.1 Å². The first-order valence-electron chi connectivity index (χ1n) is 4.41. The van der Waals surface area contributed by atoms with E-state index in [0.29, 0.717) is 5.69 Å². The van der Waals surface area contributed by atoms with E-state index in [0.717, 1.165) is 5.69 Å². The number of carbonyl (C=O) groups is 1. The number of nitrogens with zero attached hydrogens (tertiary/aromatic N) is 1. The summed E-state index contributed by atoms with van der Waals surface area (Å²) in [7, 11) is 0. The molecule has 3 N–H and O–H groups in total. The second-order valence-corrected chi connectivity index (χ2v) is 4.21. The lowest BCUT2D eigenvalue weighted by atomic mass is 10.2. The van der Waals surface area contributed by atoms with Crippen LogP contribution in [0.1, 0.15) is 10.4 Å². The normalized spacial score (nSPS) is 10.1. The van der Waals surface area contributed by atoms with E-state index < -0.39 is 0 Å². The Kier molecular flexibility index (Phi) is 3.07. The molecule has 0 bridgehead atoms. The van der Waals surface area contributed by atoms with Crippen molar-refractivity contribution in [3.05, 3.63) is 39.8 Å². The molecule has 2 aromatic rings. The first-order valence-corrected chi connectivity index (χ1v) is 5.73. The summed E-state index contributed by atoms with van der Waals surface area (Å²) in [6.07, 6.45) is 1.41. The van der Waals surface area contributed by atoms with Crippen LogP contribution >= 0.6 is 22.9 Å². The maximum absolute atomic E-state index is 11.8. The number of anilines is 2. The molecule has 2 heterocycles. The van der Waals surface area contributed by atoms with E-state index in [9.17, 15) is 4.79 Å². The van der Waals surface area contributed by atoms with Gasteiger partial charge in [-0.2, -0.15) is 11.3 Å². The van der Waals surface area contributed by atoms with E-state index in [4.69, 9.17) is 17.3 Å². The first kappa shape index (κ1) is 10.9. The standard InChI is InChI=1S/C10H8ClN3OS/c11-9-8(3-6(12)4-13-9)10(15)14-7-1-2-16-5-7/h1-5H,12H2,(H,14,15). The molecule has 0 fully saturated rings. The Bertz CT molecular complexity index is 513. The Morgan fingerprint density at radius 3 is 3.06 bits per heavy atom. The zero-order valence-electron chi connectivity index (χ0n) is 8.11. The van der Waals surface area contributed by atoms with Gasteiger partial charge in [0.25, 0.3) is 5.91 Å². The number of nitrogen functional groups attached to an aromatic ring is 1. The number of hydrogen-bond acceptors (Lipinski definition) is 4. The molecule has 1 amide bonds. The van der Waals surface area contributed by atoms with Crippen LogP contribution < -0.4 is 11.1 Å². The highest BCUT2D eigenvalue weighted by molar-refractivity contribution is 7.08. The van der Waals surface area contributed by atoms with Crippen molar-refractivity contribution < 1.29 is 4.79 Å². The lowest BCUT2D eigenvalue weighted by Gasteiger charge is -2.04. The van der Waals surface area contributed by atoms with Crippen molar-refractivity contribution in [3.63, 3.8) is 0 Å². The molecule has 0 saturated carbocycles. The zero-order valence-corrected chi connectivity index (χ0v) is 9.68. The molecule has 0 unspecified atom stereocenters. The van der Waals surface area contributed by atoms with E-state index in [1.54, 1.807) is 6.07 Å². The summed E-state index contributed by atoms with van der Waals surface area (Å²) >= 11 is 7.30. The maximum Gasteiger partial charge on any atom is 0.258 e. The predicted octanol–water partition coefficient (Wildman–Crippen LogP) is 2.63. The van der Waals surface area contributed by atoms with Gasteiger partial charge >= 0.3 is 0 Å². The predicted molar refractivity (Wildman–Crippen MR) is 65.9 cm³/mol. The number of nitrogens with one attached hydrogen (secondary N) is 1. The van der Waals surface area contributed by atoms with Gasteiger partial charge in [-0.1, -0.05) is 11.6 Å². The molecule has 0 aliphatic carbocycles. The lowest BCUT2D eigenvalue weighted by Crippen LogP contribution is -2.12. The highest BCUT2D eigenvalue weighted by Crippen LogP contribution is 2.18. The number of nitrogens with two attached hydrogens (primary N) is 1. The zero-order chi connectivity index (χ0) is 11.5. The molecule has 82 valence electrons. The van der Waals surface area contributed by atoms with Gasteiger partial charge in [-0.05, 0) is 17.5 Å². The minimum atomic E-state index is -0.316. The Labute approximate surface area is 101 Å². The average Bonchev–Trinajstić information content (AvgIpc) is 2.74. The van der Waals surface area contributed by atoms with Gasteiger partial charge in [0.15, 0.2) is 0 Å². The summed E-state index contributed by atoms with van der Waals surface area (Å²) in [5.74, 6) is -0.316. The molecule has 0 aliphatic rings. The van der Waals surface area contributed by atoms with Crippen LogP contribution in [0.2, 0.25) is 5.15 Å². The van der Waals surface area contributed by atoms with Crippen molar-refractivity contribution in [3.8, 4) is 0 Å². The quantitative estimate of drug-likeness (QED) is 0.809. The summed E-state index contributed by atoms with van der Waals surface area (Å²) in [5, 5.41) is 6.53. The number of hydrogen-bond donors (Lipinski definition) is 2. The van der Waals surface area contributed by atoms with Gasteiger partial charge in [-0.15, -0.1) is 0 Å². The van der Waals surface area contributed by atoms with E-state index >= 15 is 0 Å². The minimum Gasteiger partial charge on any atom is -0.397 e. The lowest BCUT2D eigenvalue weighted by molar-refractivity contribution is 0.102. The molecule has 2 rings (SSSR count). The van der Waals surface area contributed by atoms with Crippen LogP contribution in [0.15, 0.2) is 29.1 Å². The molecule has 0 atom stereocenters. The van der Waals surface area contributed by atoms with Crippen LogP contribution in [-0.4, -0.2) is 10.9 Å². The van der Waals surface area contributed by atoms with Crippen LogP contribution in [0.25, 0.3) is 0 Å². The SMILES string of the molecule is Nc1cnc(Cl)c(C(=O)Nc2ccsc2)c1. The fourth-order valence-corrected chi connectivity index (χ4v) is 1.93. The molecular formula is C10H8ClN3OS. The number of carbonyl (C=O) groups excluding carboxylic acids is 1. The molecule has 16 heavy (non-hydrogen) atoms. The molecule has 4 nitrogen and oxygen atoms in total. The van der Waals surface area contributed by atoms with E-state index in [-0.39, 0.29) is 16.6 Å². The van der Waals surface area contributed by atoms with Crippen molar-refractivity contribution >= 4 is 40.2 Å². The maximum atomic E-state index is 11.8. The molecule has 0 saturated heterocycles. The Morgan fingerprint density at radius 2 is 2.38 bits per heavy atom. The third kappa shape index (κ3) is 2.32. The summed E-state index contributed by atoms with van der Waals surface area (Å²) in [6.45, 7) is 0. The second kappa shape index (κ2) is 4.51. The number of pyridine rings is 1. The molecular weight excluding hydrogens is 246 g/mol. The van der Waals surface area contributed by atoms with Crippen molar-refractivity contribution in [2.24, 2.45) is 0 Å². The number of amides is 1. The summed E-state index contributed by atoms with van der Waals surface area (Å²) in [4.78, 5) is 15.6. The molecule has 0 aromatic carbocycles. The second-order valence-electron chi connectivity index (χ2n) is 3.07. The fourth-order valence-electron chi connectivity index (χ4n) is 1.16. The Balaban J connectivity index is 2.24. The summed E-state index contributed by atoms with van der Waals surface area (Å²) in [6, 6.07) is 3.30. The molecule has 0 aliphatic heterocycles. The minimum absolute atomic E-state index is 0.141. The monoisotopic (exact) mass is 253 g/mol. The van der Waals surface area contributed by atoms with Crippen molar-refractivity contribution in [2.45, 2.75) is 0 Å².